The maximum absolute atomic E-state index is 4.55. The Labute approximate surface area is 115 Å². The van der Waals surface area contributed by atoms with Crippen LogP contribution in [0, 0.1) is 0 Å². The Balaban J connectivity index is 2.95. The summed E-state index contributed by atoms with van der Waals surface area (Å²) in [6, 6.07) is 12.4. The van der Waals surface area contributed by atoms with Gasteiger partial charge in [-0.3, -0.25) is 0 Å². The second-order valence-electron chi connectivity index (χ2n) is 6.46. The van der Waals surface area contributed by atoms with E-state index in [4.69, 9.17) is 0 Å². The maximum atomic E-state index is 4.55. The fraction of sp³-hybridized carbons (Fsp3) is 0.500. The monoisotopic (exact) mass is 276 g/mol. The topological polar surface area (TPSA) is 0 Å². The Bertz CT molecular complexity index is 391. The standard InChI is InChI=1S/C16H28Si2/c1-7-8-14-17(3,4)15(2)18(5,6)16-12-10-9-11-13-16/h9-13H,2,7-8,14H2,1,3-6H3. The summed E-state index contributed by atoms with van der Waals surface area (Å²) in [5, 5.41) is 1.53. The van der Waals surface area contributed by atoms with Gasteiger partial charge in [-0.15, -0.1) is 6.58 Å². The van der Waals surface area contributed by atoms with Crippen molar-refractivity contribution >= 4 is 21.3 Å². The summed E-state index contributed by atoms with van der Waals surface area (Å²) in [5.74, 6) is 0. The Morgan fingerprint density at radius 3 is 2.11 bits per heavy atom. The minimum atomic E-state index is -1.50. The molecule has 0 amide bonds. The maximum Gasteiger partial charge on any atom is 0.103 e. The summed E-state index contributed by atoms with van der Waals surface area (Å²) in [6.07, 6.45) is 2.66. The van der Waals surface area contributed by atoms with Crippen molar-refractivity contribution in [2.75, 3.05) is 0 Å². The minimum Gasteiger partial charge on any atom is -0.107 e. The normalized spacial score (nSPS) is 12.5. The van der Waals surface area contributed by atoms with E-state index in [0.29, 0.717) is 0 Å². The molecule has 1 aromatic rings. The van der Waals surface area contributed by atoms with E-state index in [-0.39, 0.29) is 0 Å². The summed E-state index contributed by atoms with van der Waals surface area (Å²) >= 11 is 0. The van der Waals surface area contributed by atoms with Crippen molar-refractivity contribution < 1.29 is 0 Å². The van der Waals surface area contributed by atoms with Gasteiger partial charge in [0.25, 0.3) is 0 Å². The van der Waals surface area contributed by atoms with Crippen LogP contribution in [0.5, 0.6) is 0 Å². The van der Waals surface area contributed by atoms with E-state index >= 15 is 0 Å². The first-order valence-electron chi connectivity index (χ1n) is 7.07. The third-order valence-electron chi connectivity index (χ3n) is 4.22. The van der Waals surface area contributed by atoms with Crippen LogP contribution in [0.3, 0.4) is 0 Å². The van der Waals surface area contributed by atoms with E-state index in [2.05, 4.69) is 70.0 Å². The molecule has 0 fully saturated rings. The van der Waals surface area contributed by atoms with E-state index in [0.717, 1.165) is 0 Å². The van der Waals surface area contributed by atoms with Gasteiger partial charge in [0.15, 0.2) is 0 Å². The molecular weight excluding hydrogens is 248 g/mol. The third-order valence-corrected chi connectivity index (χ3v) is 14.7. The van der Waals surface area contributed by atoms with E-state index in [1.54, 1.807) is 4.82 Å². The van der Waals surface area contributed by atoms with E-state index in [1.165, 1.54) is 24.1 Å². The van der Waals surface area contributed by atoms with Crippen LogP contribution in [0.2, 0.25) is 32.2 Å². The highest BCUT2D eigenvalue weighted by atomic mass is 28.4. The molecule has 0 atom stereocenters. The van der Waals surface area contributed by atoms with Gasteiger partial charge >= 0.3 is 0 Å². The highest BCUT2D eigenvalue weighted by Crippen LogP contribution is 2.28. The molecule has 0 saturated heterocycles. The molecule has 100 valence electrons. The zero-order valence-corrected chi connectivity index (χ0v) is 14.7. The van der Waals surface area contributed by atoms with Crippen LogP contribution in [0.15, 0.2) is 41.7 Å². The van der Waals surface area contributed by atoms with Gasteiger partial charge in [0.2, 0.25) is 0 Å². The fourth-order valence-electron chi connectivity index (χ4n) is 2.64. The first-order chi connectivity index (χ1) is 8.32. The molecule has 0 aliphatic carbocycles. The van der Waals surface area contributed by atoms with Gasteiger partial charge in [-0.25, -0.2) is 0 Å². The molecule has 0 nitrogen and oxygen atoms in total. The summed E-state index contributed by atoms with van der Waals surface area (Å²) in [7, 11) is -2.78. The molecule has 1 aromatic carbocycles. The molecule has 18 heavy (non-hydrogen) atoms. The Morgan fingerprint density at radius 1 is 1.06 bits per heavy atom. The first kappa shape index (κ1) is 15.5. The lowest BCUT2D eigenvalue weighted by molar-refractivity contribution is 0.869. The predicted octanol–water partition coefficient (Wildman–Crippen LogP) is 4.75. The van der Waals surface area contributed by atoms with Crippen LogP contribution >= 0.6 is 0 Å². The average Bonchev–Trinajstić information content (AvgIpc) is 2.36. The highest BCUT2D eigenvalue weighted by Gasteiger charge is 2.36. The lowest BCUT2D eigenvalue weighted by atomic mass is 10.4. The molecule has 0 aliphatic rings. The fourth-order valence-corrected chi connectivity index (χ4v) is 13.1. The molecule has 0 unspecified atom stereocenters. The Morgan fingerprint density at radius 2 is 1.61 bits per heavy atom. The molecule has 0 saturated carbocycles. The molecule has 1 rings (SSSR count). The highest BCUT2D eigenvalue weighted by molar-refractivity contribution is 7.11. The van der Waals surface area contributed by atoms with Crippen LogP contribution in [0.4, 0.5) is 0 Å². The van der Waals surface area contributed by atoms with Crippen LogP contribution in [0.25, 0.3) is 0 Å². The number of hydrogen-bond acceptors (Lipinski definition) is 0. The minimum absolute atomic E-state index is 1.28. The van der Waals surface area contributed by atoms with Crippen molar-refractivity contribution in [2.45, 2.75) is 52.0 Å². The summed E-state index contributed by atoms with van der Waals surface area (Å²) in [4.78, 5) is 1.62. The van der Waals surface area contributed by atoms with Gasteiger partial charge in [0, 0.05) is 0 Å². The molecule has 0 aliphatic heterocycles. The largest absolute Gasteiger partial charge is 0.107 e. The van der Waals surface area contributed by atoms with E-state index in [9.17, 15) is 0 Å². The first-order valence-corrected chi connectivity index (χ1v) is 13.3. The predicted molar refractivity (Wildman–Crippen MR) is 89.9 cm³/mol. The van der Waals surface area contributed by atoms with Crippen LogP contribution in [-0.2, 0) is 0 Å². The second-order valence-corrected chi connectivity index (χ2v) is 16.3. The third kappa shape index (κ3) is 3.45. The van der Waals surface area contributed by atoms with Crippen molar-refractivity contribution in [1.29, 1.82) is 0 Å². The van der Waals surface area contributed by atoms with Gasteiger partial charge in [0.05, 0.1) is 8.07 Å². The second kappa shape index (κ2) is 6.02. The van der Waals surface area contributed by atoms with Crippen LogP contribution in [-0.4, -0.2) is 16.1 Å². The van der Waals surface area contributed by atoms with Crippen molar-refractivity contribution in [3.05, 3.63) is 41.7 Å². The van der Waals surface area contributed by atoms with Crippen LogP contribution < -0.4 is 5.19 Å². The SMILES string of the molecule is C=C([Si](C)(C)CCCC)[Si](C)(C)c1ccccc1. The molecule has 0 aromatic heterocycles. The lowest BCUT2D eigenvalue weighted by Gasteiger charge is -2.36. The number of rotatable bonds is 6. The van der Waals surface area contributed by atoms with Crippen molar-refractivity contribution in [3.8, 4) is 0 Å². The molecule has 0 radical (unpaired) electrons. The summed E-state index contributed by atoms with van der Waals surface area (Å²) in [6.45, 7) is 16.8. The van der Waals surface area contributed by atoms with E-state index < -0.39 is 16.1 Å². The lowest BCUT2D eigenvalue weighted by Crippen LogP contribution is -2.51. The van der Waals surface area contributed by atoms with Gasteiger partial charge < -0.3 is 0 Å². The average molecular weight is 277 g/mol. The van der Waals surface area contributed by atoms with Gasteiger partial charge in [-0.2, -0.15) is 0 Å². The molecule has 0 heterocycles. The smallest absolute Gasteiger partial charge is 0.103 e. The van der Waals surface area contributed by atoms with Gasteiger partial charge in [-0.05, 0) is 0 Å². The summed E-state index contributed by atoms with van der Waals surface area (Å²) < 4.78 is 0. The summed E-state index contributed by atoms with van der Waals surface area (Å²) in [5.41, 5.74) is 0. The number of benzene rings is 1. The van der Waals surface area contributed by atoms with E-state index in [1.807, 2.05) is 0 Å². The van der Waals surface area contributed by atoms with Crippen molar-refractivity contribution in [2.24, 2.45) is 0 Å². The molecule has 0 spiro atoms. The number of unbranched alkanes of at least 4 members (excludes halogenated alkanes) is 1. The van der Waals surface area contributed by atoms with Crippen molar-refractivity contribution in [3.63, 3.8) is 0 Å². The zero-order valence-electron chi connectivity index (χ0n) is 12.7. The number of hydrogen-bond donors (Lipinski definition) is 0. The zero-order chi connectivity index (χ0) is 13.8. The Kier molecular flexibility index (Phi) is 5.17. The van der Waals surface area contributed by atoms with Gasteiger partial charge in [0.1, 0.15) is 8.07 Å². The molecule has 0 N–H and O–H groups in total. The molecule has 2 heteroatoms. The van der Waals surface area contributed by atoms with Crippen LogP contribution in [0.1, 0.15) is 19.8 Å². The van der Waals surface area contributed by atoms with Gasteiger partial charge in [-0.1, -0.05) is 92.3 Å². The molecule has 0 bridgehead atoms. The molecular formula is C16H28Si2. The Hall–Kier alpha value is -0.606. The quantitative estimate of drug-likeness (QED) is 0.658. The van der Waals surface area contributed by atoms with Crippen molar-refractivity contribution in [1.82, 2.24) is 0 Å².